The smallest absolute Gasteiger partial charge is 0.263 e. The Hall–Kier alpha value is -2.74. The number of amides is 3. The summed E-state index contributed by atoms with van der Waals surface area (Å²) >= 11 is 1.41. The van der Waals surface area contributed by atoms with Crippen molar-refractivity contribution in [1.29, 1.82) is 0 Å². The van der Waals surface area contributed by atoms with Gasteiger partial charge in [0.05, 0.1) is 16.4 Å². The van der Waals surface area contributed by atoms with Crippen LogP contribution in [0.25, 0.3) is 0 Å². The van der Waals surface area contributed by atoms with Crippen molar-refractivity contribution in [3.63, 3.8) is 0 Å². The van der Waals surface area contributed by atoms with Crippen LogP contribution in [0.15, 0.2) is 41.8 Å². The molecule has 3 amide bonds. The minimum atomic E-state index is -0.529. The number of hydrogen-bond acceptors (Lipinski definition) is 4. The van der Waals surface area contributed by atoms with E-state index < -0.39 is 5.82 Å². The van der Waals surface area contributed by atoms with E-state index in [4.69, 9.17) is 0 Å². The fourth-order valence-electron chi connectivity index (χ4n) is 4.11. The molecule has 0 aliphatic carbocycles. The third-order valence-electron chi connectivity index (χ3n) is 5.77. The molecule has 1 aromatic carbocycles. The molecule has 1 aromatic heterocycles. The fraction of sp³-hybridized carbons (Fsp3) is 0.409. The van der Waals surface area contributed by atoms with Crippen molar-refractivity contribution in [1.82, 2.24) is 14.7 Å². The quantitative estimate of drug-likeness (QED) is 0.754. The Labute approximate surface area is 178 Å². The number of halogens is 1. The topological polar surface area (TPSA) is 60.9 Å². The Kier molecular flexibility index (Phi) is 6.13. The summed E-state index contributed by atoms with van der Waals surface area (Å²) in [5.74, 6) is -1.06. The molecule has 1 atom stereocenters. The number of rotatable bonds is 3. The second-order valence-corrected chi connectivity index (χ2v) is 8.61. The predicted octanol–water partition coefficient (Wildman–Crippen LogP) is 2.72. The number of likely N-dealkylation sites (tertiary alicyclic amines) is 1. The molecule has 2 saturated heterocycles. The molecule has 2 aliphatic heterocycles. The number of thiophene rings is 1. The van der Waals surface area contributed by atoms with Gasteiger partial charge in [0.25, 0.3) is 11.8 Å². The van der Waals surface area contributed by atoms with E-state index in [1.165, 1.54) is 23.5 Å². The Bertz CT molecular complexity index is 925. The Balaban J connectivity index is 1.33. The molecule has 0 spiro atoms. The molecule has 4 rings (SSSR count). The zero-order valence-corrected chi connectivity index (χ0v) is 17.4. The standard InChI is InChI=1S/C22H24FN3O3S/c23-18-7-2-1-6-17(18)21(28)25-12-10-24(11-13-25)20(27)16-5-3-9-26(15-16)22(29)19-8-4-14-30-19/h1-2,4,6-8,14,16H,3,5,9-13,15H2/t16-/m0/s1. The summed E-state index contributed by atoms with van der Waals surface area (Å²) in [6.07, 6.45) is 1.57. The van der Waals surface area contributed by atoms with Crippen molar-refractivity contribution in [2.45, 2.75) is 12.8 Å². The zero-order chi connectivity index (χ0) is 21.1. The van der Waals surface area contributed by atoms with Crippen molar-refractivity contribution in [2.24, 2.45) is 5.92 Å². The van der Waals surface area contributed by atoms with Gasteiger partial charge in [-0.3, -0.25) is 14.4 Å². The zero-order valence-electron chi connectivity index (χ0n) is 16.6. The summed E-state index contributed by atoms with van der Waals surface area (Å²) in [6.45, 7) is 2.71. The van der Waals surface area contributed by atoms with Gasteiger partial charge in [-0.05, 0) is 36.4 Å². The first-order valence-electron chi connectivity index (χ1n) is 10.2. The van der Waals surface area contributed by atoms with Crippen LogP contribution < -0.4 is 0 Å². The highest BCUT2D eigenvalue weighted by Crippen LogP contribution is 2.23. The number of benzene rings is 1. The van der Waals surface area contributed by atoms with E-state index in [-0.39, 0.29) is 29.2 Å². The molecule has 0 unspecified atom stereocenters. The van der Waals surface area contributed by atoms with Crippen molar-refractivity contribution in [3.8, 4) is 0 Å². The third kappa shape index (κ3) is 4.23. The lowest BCUT2D eigenvalue weighted by Gasteiger charge is -2.39. The van der Waals surface area contributed by atoms with Crippen LogP contribution >= 0.6 is 11.3 Å². The number of piperazine rings is 1. The van der Waals surface area contributed by atoms with Gasteiger partial charge in [-0.2, -0.15) is 0 Å². The largest absolute Gasteiger partial charge is 0.339 e. The molecular weight excluding hydrogens is 405 g/mol. The maximum absolute atomic E-state index is 13.9. The van der Waals surface area contributed by atoms with Gasteiger partial charge in [-0.1, -0.05) is 18.2 Å². The minimum Gasteiger partial charge on any atom is -0.339 e. The summed E-state index contributed by atoms with van der Waals surface area (Å²) in [6, 6.07) is 9.62. The SMILES string of the molecule is O=C(c1cccs1)N1CCC[C@H](C(=O)N2CCN(C(=O)c3ccccc3F)CC2)C1. The number of hydrogen-bond donors (Lipinski definition) is 0. The lowest BCUT2D eigenvalue weighted by molar-refractivity contribution is -0.138. The van der Waals surface area contributed by atoms with Crippen LogP contribution in [-0.2, 0) is 4.79 Å². The summed E-state index contributed by atoms with van der Waals surface area (Å²) < 4.78 is 13.9. The summed E-state index contributed by atoms with van der Waals surface area (Å²) in [5, 5.41) is 1.88. The molecule has 158 valence electrons. The molecule has 8 heteroatoms. The van der Waals surface area contributed by atoms with Crippen LogP contribution in [0.2, 0.25) is 0 Å². The first-order chi connectivity index (χ1) is 14.5. The van der Waals surface area contributed by atoms with Crippen molar-refractivity contribution < 1.29 is 18.8 Å². The lowest BCUT2D eigenvalue weighted by Crippen LogP contribution is -2.54. The molecule has 30 heavy (non-hydrogen) atoms. The molecular formula is C22H24FN3O3S. The highest BCUT2D eigenvalue weighted by atomic mass is 32.1. The van der Waals surface area contributed by atoms with Gasteiger partial charge in [0.2, 0.25) is 5.91 Å². The van der Waals surface area contributed by atoms with Crippen molar-refractivity contribution in [3.05, 3.63) is 58.0 Å². The molecule has 0 bridgehead atoms. The van der Waals surface area contributed by atoms with Crippen molar-refractivity contribution in [2.75, 3.05) is 39.3 Å². The van der Waals surface area contributed by atoms with E-state index >= 15 is 0 Å². The van der Waals surface area contributed by atoms with Crippen LogP contribution in [0.4, 0.5) is 4.39 Å². The van der Waals surface area contributed by atoms with Gasteiger partial charge in [0.15, 0.2) is 0 Å². The molecule has 2 aliphatic rings. The molecule has 0 N–H and O–H groups in total. The molecule has 0 radical (unpaired) electrons. The van der Waals surface area contributed by atoms with E-state index in [9.17, 15) is 18.8 Å². The maximum atomic E-state index is 13.9. The molecule has 0 saturated carbocycles. The van der Waals surface area contributed by atoms with Crippen LogP contribution in [0.1, 0.15) is 32.9 Å². The number of nitrogens with zero attached hydrogens (tertiary/aromatic N) is 3. The van der Waals surface area contributed by atoms with Crippen LogP contribution in [-0.4, -0.2) is 71.7 Å². The molecule has 2 aromatic rings. The highest BCUT2D eigenvalue weighted by Gasteiger charge is 2.34. The summed E-state index contributed by atoms with van der Waals surface area (Å²) in [5.41, 5.74) is 0.0623. The van der Waals surface area contributed by atoms with E-state index in [0.29, 0.717) is 44.1 Å². The van der Waals surface area contributed by atoms with Crippen LogP contribution in [0.5, 0.6) is 0 Å². The highest BCUT2D eigenvalue weighted by molar-refractivity contribution is 7.12. The fourth-order valence-corrected chi connectivity index (χ4v) is 4.80. The summed E-state index contributed by atoms with van der Waals surface area (Å²) in [7, 11) is 0. The van der Waals surface area contributed by atoms with E-state index in [2.05, 4.69) is 0 Å². The van der Waals surface area contributed by atoms with Gasteiger partial charge in [-0.15, -0.1) is 11.3 Å². The van der Waals surface area contributed by atoms with E-state index in [1.54, 1.807) is 26.8 Å². The van der Waals surface area contributed by atoms with Gasteiger partial charge in [-0.25, -0.2) is 4.39 Å². The van der Waals surface area contributed by atoms with Crippen LogP contribution in [0, 0.1) is 11.7 Å². The summed E-state index contributed by atoms with van der Waals surface area (Å²) in [4.78, 5) is 44.1. The first kappa shape index (κ1) is 20.5. The number of carbonyl (C=O) groups is 3. The monoisotopic (exact) mass is 429 g/mol. The Morgan fingerprint density at radius 2 is 1.60 bits per heavy atom. The molecule has 2 fully saturated rings. The second-order valence-electron chi connectivity index (χ2n) is 7.66. The van der Waals surface area contributed by atoms with Crippen molar-refractivity contribution >= 4 is 29.1 Å². The van der Waals surface area contributed by atoms with E-state index in [1.807, 2.05) is 17.5 Å². The average molecular weight is 430 g/mol. The number of carbonyl (C=O) groups excluding carboxylic acids is 3. The molecule has 6 nitrogen and oxygen atoms in total. The Morgan fingerprint density at radius 3 is 2.30 bits per heavy atom. The normalized spacial score (nSPS) is 19.6. The third-order valence-corrected chi connectivity index (χ3v) is 6.63. The molecule has 3 heterocycles. The maximum Gasteiger partial charge on any atom is 0.263 e. The second kappa shape index (κ2) is 8.95. The Morgan fingerprint density at radius 1 is 0.867 bits per heavy atom. The van der Waals surface area contributed by atoms with Gasteiger partial charge in [0, 0.05) is 39.3 Å². The predicted molar refractivity (Wildman–Crippen MR) is 112 cm³/mol. The van der Waals surface area contributed by atoms with Gasteiger partial charge in [0.1, 0.15) is 5.82 Å². The van der Waals surface area contributed by atoms with Crippen LogP contribution in [0.3, 0.4) is 0 Å². The van der Waals surface area contributed by atoms with E-state index in [0.717, 1.165) is 12.8 Å². The lowest BCUT2D eigenvalue weighted by atomic mass is 9.96. The van der Waals surface area contributed by atoms with Gasteiger partial charge < -0.3 is 14.7 Å². The van der Waals surface area contributed by atoms with Gasteiger partial charge >= 0.3 is 0 Å². The first-order valence-corrected chi connectivity index (χ1v) is 11.1. The number of piperidine rings is 1. The average Bonchev–Trinajstić information content (AvgIpc) is 3.33. The minimum absolute atomic E-state index is 0.0113.